The van der Waals surface area contributed by atoms with Crippen molar-refractivity contribution in [2.24, 2.45) is 0 Å². The normalized spacial score (nSPS) is 17.1. The van der Waals surface area contributed by atoms with Gasteiger partial charge >= 0.3 is 0 Å². The second-order valence-electron chi connectivity index (χ2n) is 5.17. The minimum Gasteiger partial charge on any atom is -0.385 e. The van der Waals surface area contributed by atoms with E-state index in [-0.39, 0.29) is 0 Å². The van der Waals surface area contributed by atoms with Crippen molar-refractivity contribution in [3.05, 3.63) is 24.3 Å². The standard InChI is InChI=1S/C14H23N3O2S/c1-20(18,19)14-5-3-13(4-6-14)16-7-2-10-17-11-8-15-9-12-17/h3-6,15-16H,2,7-12H2,1H3. The van der Waals surface area contributed by atoms with Gasteiger partial charge in [0.2, 0.25) is 0 Å². The van der Waals surface area contributed by atoms with Crippen molar-refractivity contribution in [2.45, 2.75) is 11.3 Å². The summed E-state index contributed by atoms with van der Waals surface area (Å²) in [4.78, 5) is 2.83. The van der Waals surface area contributed by atoms with Gasteiger partial charge in [-0.1, -0.05) is 0 Å². The fourth-order valence-corrected chi connectivity index (χ4v) is 2.92. The van der Waals surface area contributed by atoms with Crippen LogP contribution in [0, 0.1) is 0 Å². The topological polar surface area (TPSA) is 61.4 Å². The van der Waals surface area contributed by atoms with Gasteiger partial charge in [0, 0.05) is 44.7 Å². The number of piperazine rings is 1. The molecule has 1 aromatic carbocycles. The largest absolute Gasteiger partial charge is 0.385 e. The molecule has 1 heterocycles. The zero-order valence-electron chi connectivity index (χ0n) is 11.9. The van der Waals surface area contributed by atoms with Gasteiger partial charge in [-0.3, -0.25) is 0 Å². The fraction of sp³-hybridized carbons (Fsp3) is 0.571. The summed E-state index contributed by atoms with van der Waals surface area (Å²) in [5.74, 6) is 0. The summed E-state index contributed by atoms with van der Waals surface area (Å²) in [7, 11) is -3.10. The van der Waals surface area contributed by atoms with Crippen LogP contribution in [0.2, 0.25) is 0 Å². The molecule has 0 spiro atoms. The minimum atomic E-state index is -3.10. The molecule has 0 bridgehead atoms. The highest BCUT2D eigenvalue weighted by Crippen LogP contribution is 2.13. The number of hydrogen-bond acceptors (Lipinski definition) is 5. The maximum atomic E-state index is 11.3. The average Bonchev–Trinajstić information content (AvgIpc) is 2.44. The van der Waals surface area contributed by atoms with Gasteiger partial charge in [-0.05, 0) is 37.2 Å². The van der Waals surface area contributed by atoms with Crippen molar-refractivity contribution in [2.75, 3.05) is 50.8 Å². The van der Waals surface area contributed by atoms with Crippen LogP contribution in [0.4, 0.5) is 5.69 Å². The van der Waals surface area contributed by atoms with Crippen LogP contribution in [0.15, 0.2) is 29.2 Å². The molecule has 0 unspecified atom stereocenters. The van der Waals surface area contributed by atoms with E-state index < -0.39 is 9.84 Å². The Morgan fingerprint density at radius 1 is 1.20 bits per heavy atom. The number of hydrogen-bond donors (Lipinski definition) is 2. The molecule has 112 valence electrons. The first-order valence-electron chi connectivity index (χ1n) is 7.03. The van der Waals surface area contributed by atoms with Gasteiger partial charge < -0.3 is 15.5 Å². The highest BCUT2D eigenvalue weighted by Gasteiger charge is 2.08. The first kappa shape index (κ1) is 15.3. The highest BCUT2D eigenvalue weighted by atomic mass is 32.2. The van der Waals surface area contributed by atoms with Crippen LogP contribution >= 0.6 is 0 Å². The third-order valence-electron chi connectivity index (χ3n) is 3.47. The van der Waals surface area contributed by atoms with Crippen molar-refractivity contribution in [1.29, 1.82) is 0 Å². The van der Waals surface area contributed by atoms with Gasteiger partial charge in [0.05, 0.1) is 4.90 Å². The van der Waals surface area contributed by atoms with Crippen LogP contribution in [0.25, 0.3) is 0 Å². The number of sulfone groups is 1. The fourth-order valence-electron chi connectivity index (χ4n) is 2.29. The van der Waals surface area contributed by atoms with E-state index in [1.54, 1.807) is 12.1 Å². The molecule has 1 aliphatic rings. The molecule has 0 amide bonds. The summed E-state index contributed by atoms with van der Waals surface area (Å²) in [6.45, 7) is 6.44. The maximum absolute atomic E-state index is 11.3. The third-order valence-corrected chi connectivity index (χ3v) is 4.60. The predicted octanol–water partition coefficient (Wildman–Crippen LogP) is 0.797. The Morgan fingerprint density at radius 2 is 1.85 bits per heavy atom. The lowest BCUT2D eigenvalue weighted by Gasteiger charge is -2.27. The average molecular weight is 297 g/mol. The van der Waals surface area contributed by atoms with E-state index in [9.17, 15) is 8.42 Å². The van der Waals surface area contributed by atoms with E-state index in [1.807, 2.05) is 12.1 Å². The van der Waals surface area contributed by atoms with E-state index in [4.69, 9.17) is 0 Å². The van der Waals surface area contributed by atoms with Gasteiger partial charge in [0.1, 0.15) is 0 Å². The Kier molecular flexibility index (Phi) is 5.39. The molecule has 0 radical (unpaired) electrons. The van der Waals surface area contributed by atoms with E-state index in [0.717, 1.165) is 51.4 Å². The Balaban J connectivity index is 1.71. The van der Waals surface area contributed by atoms with E-state index in [2.05, 4.69) is 15.5 Å². The molecule has 0 atom stereocenters. The zero-order valence-corrected chi connectivity index (χ0v) is 12.7. The number of benzene rings is 1. The summed E-state index contributed by atoms with van der Waals surface area (Å²) in [6, 6.07) is 6.93. The molecule has 0 aliphatic carbocycles. The van der Waals surface area contributed by atoms with Crippen LogP contribution < -0.4 is 10.6 Å². The molecule has 5 nitrogen and oxygen atoms in total. The monoisotopic (exact) mass is 297 g/mol. The van der Waals surface area contributed by atoms with Gasteiger partial charge in [-0.2, -0.15) is 0 Å². The van der Waals surface area contributed by atoms with Crippen LogP contribution in [-0.4, -0.2) is 58.8 Å². The predicted molar refractivity (Wildman–Crippen MR) is 82.0 cm³/mol. The third kappa shape index (κ3) is 4.77. The molecule has 20 heavy (non-hydrogen) atoms. The van der Waals surface area contributed by atoms with E-state index >= 15 is 0 Å². The number of anilines is 1. The van der Waals surface area contributed by atoms with Gasteiger partial charge in [0.15, 0.2) is 9.84 Å². The summed E-state index contributed by atoms with van der Waals surface area (Å²) in [6.07, 6.45) is 2.32. The second-order valence-corrected chi connectivity index (χ2v) is 7.18. The highest BCUT2D eigenvalue weighted by molar-refractivity contribution is 7.90. The summed E-state index contributed by atoms with van der Waals surface area (Å²) in [5, 5.41) is 6.67. The first-order valence-corrected chi connectivity index (χ1v) is 8.92. The van der Waals surface area contributed by atoms with Crippen LogP contribution in [0.1, 0.15) is 6.42 Å². The number of rotatable bonds is 6. The molecular formula is C14H23N3O2S. The van der Waals surface area contributed by atoms with E-state index in [1.165, 1.54) is 6.26 Å². The zero-order chi connectivity index (χ0) is 14.4. The molecule has 1 aromatic rings. The molecule has 1 aliphatic heterocycles. The van der Waals surface area contributed by atoms with E-state index in [0.29, 0.717) is 4.90 Å². The van der Waals surface area contributed by atoms with Crippen molar-refractivity contribution in [3.8, 4) is 0 Å². The minimum absolute atomic E-state index is 0.365. The molecule has 2 rings (SSSR count). The van der Waals surface area contributed by atoms with Gasteiger partial charge in [0.25, 0.3) is 0 Å². The Labute approximate surface area is 121 Å². The Bertz CT molecular complexity index is 508. The Hall–Kier alpha value is -1.11. The molecule has 1 fully saturated rings. The van der Waals surface area contributed by atoms with Crippen LogP contribution in [0.5, 0.6) is 0 Å². The van der Waals surface area contributed by atoms with Gasteiger partial charge in [-0.25, -0.2) is 8.42 Å². The number of nitrogens with one attached hydrogen (secondary N) is 2. The second kappa shape index (κ2) is 7.06. The molecule has 0 aromatic heterocycles. The molecule has 1 saturated heterocycles. The van der Waals surface area contributed by atoms with Crippen molar-refractivity contribution in [3.63, 3.8) is 0 Å². The molecule has 2 N–H and O–H groups in total. The van der Waals surface area contributed by atoms with Gasteiger partial charge in [-0.15, -0.1) is 0 Å². The van der Waals surface area contributed by atoms with Crippen LogP contribution in [-0.2, 0) is 9.84 Å². The molecule has 0 saturated carbocycles. The number of nitrogens with zero attached hydrogens (tertiary/aromatic N) is 1. The molecule has 6 heteroatoms. The quantitative estimate of drug-likeness (QED) is 0.761. The molecular weight excluding hydrogens is 274 g/mol. The Morgan fingerprint density at radius 3 is 2.45 bits per heavy atom. The summed E-state index contributed by atoms with van der Waals surface area (Å²) >= 11 is 0. The SMILES string of the molecule is CS(=O)(=O)c1ccc(NCCCN2CCNCC2)cc1. The maximum Gasteiger partial charge on any atom is 0.175 e. The first-order chi connectivity index (χ1) is 9.55. The van der Waals surface area contributed by atoms with Crippen LogP contribution in [0.3, 0.4) is 0 Å². The lowest BCUT2D eigenvalue weighted by atomic mass is 10.3. The van der Waals surface area contributed by atoms with Crippen molar-refractivity contribution < 1.29 is 8.42 Å². The van der Waals surface area contributed by atoms with Crippen molar-refractivity contribution >= 4 is 15.5 Å². The lowest BCUT2D eigenvalue weighted by molar-refractivity contribution is 0.240. The van der Waals surface area contributed by atoms with Crippen molar-refractivity contribution in [1.82, 2.24) is 10.2 Å². The lowest BCUT2D eigenvalue weighted by Crippen LogP contribution is -2.44. The summed E-state index contributed by atoms with van der Waals surface area (Å²) in [5.41, 5.74) is 0.970. The summed E-state index contributed by atoms with van der Waals surface area (Å²) < 4.78 is 22.7. The smallest absolute Gasteiger partial charge is 0.175 e.